The highest BCUT2D eigenvalue weighted by Gasteiger charge is 2.43. The third-order valence-electron chi connectivity index (χ3n) is 5.99. The van der Waals surface area contributed by atoms with Crippen molar-refractivity contribution in [1.29, 1.82) is 0 Å². The van der Waals surface area contributed by atoms with Gasteiger partial charge in [0.2, 0.25) is 5.82 Å². The fourth-order valence-electron chi connectivity index (χ4n) is 4.39. The molecule has 2 saturated heterocycles. The molecule has 0 saturated carbocycles. The maximum Gasteiger partial charge on any atom is 0.291 e. The van der Waals surface area contributed by atoms with Crippen LogP contribution in [0.15, 0.2) is 30.9 Å². The molecule has 2 aliphatic rings. The van der Waals surface area contributed by atoms with E-state index in [1.807, 2.05) is 17.2 Å². The van der Waals surface area contributed by atoms with Crippen molar-refractivity contribution in [2.75, 3.05) is 33.3 Å². The molecule has 0 N–H and O–H groups in total. The number of aromatic nitrogens is 4. The molecule has 1 atom stereocenters. The summed E-state index contributed by atoms with van der Waals surface area (Å²) in [4.78, 5) is 25.1. The number of carbonyl (C=O) groups is 1. The van der Waals surface area contributed by atoms with E-state index >= 15 is 0 Å². The molecule has 0 aliphatic carbocycles. The van der Waals surface area contributed by atoms with E-state index in [1.54, 1.807) is 17.9 Å². The summed E-state index contributed by atoms with van der Waals surface area (Å²) in [5.41, 5.74) is 1.42. The molecular formula is C20H28N6O2. The van der Waals surface area contributed by atoms with Crippen LogP contribution in [0.5, 0.6) is 0 Å². The summed E-state index contributed by atoms with van der Waals surface area (Å²) in [5, 5.41) is 4.00. The van der Waals surface area contributed by atoms with Crippen LogP contribution in [0.1, 0.15) is 35.4 Å². The van der Waals surface area contributed by atoms with Crippen molar-refractivity contribution in [1.82, 2.24) is 29.5 Å². The predicted octanol–water partition coefficient (Wildman–Crippen LogP) is 1.35. The van der Waals surface area contributed by atoms with Crippen molar-refractivity contribution in [3.63, 3.8) is 0 Å². The minimum atomic E-state index is -0.0264. The van der Waals surface area contributed by atoms with E-state index in [0.717, 1.165) is 52.0 Å². The summed E-state index contributed by atoms with van der Waals surface area (Å²) in [6.45, 7) is 4.10. The Balaban J connectivity index is 1.27. The number of hydrogen-bond acceptors (Lipinski definition) is 6. The predicted molar refractivity (Wildman–Crippen MR) is 104 cm³/mol. The Kier molecular flexibility index (Phi) is 5.41. The molecule has 0 bridgehead atoms. The smallest absolute Gasteiger partial charge is 0.291 e. The standard InChI is InChI=1S/C20H28N6O2/c1-24(12-16-4-3-7-21-11-16)13-17-10-20(14-28-17)5-8-26(9-6-20)19(27)18-22-15-23-25(18)2/h3-4,7,11,15,17H,5-6,8-10,12-14H2,1-2H3/t17-/m0/s1. The lowest BCUT2D eigenvalue weighted by atomic mass is 9.76. The molecular weight excluding hydrogens is 356 g/mol. The Hall–Kier alpha value is -2.32. The average Bonchev–Trinajstić information content (AvgIpc) is 3.29. The van der Waals surface area contributed by atoms with Crippen molar-refractivity contribution in [3.8, 4) is 0 Å². The van der Waals surface area contributed by atoms with E-state index in [2.05, 4.69) is 33.1 Å². The first-order valence-electron chi connectivity index (χ1n) is 9.87. The Morgan fingerprint density at radius 3 is 2.89 bits per heavy atom. The van der Waals surface area contributed by atoms with Crippen molar-refractivity contribution >= 4 is 5.91 Å². The molecule has 4 rings (SSSR count). The van der Waals surface area contributed by atoms with Crippen LogP contribution in [-0.2, 0) is 18.3 Å². The third-order valence-corrected chi connectivity index (χ3v) is 5.99. The molecule has 0 unspecified atom stereocenters. The van der Waals surface area contributed by atoms with E-state index in [4.69, 9.17) is 4.74 Å². The SMILES string of the molecule is CN(Cc1cccnc1)C[C@@H]1CC2(CCN(C(=O)c3ncnn3C)CC2)CO1. The molecule has 4 heterocycles. The molecule has 2 aromatic heterocycles. The molecule has 0 aromatic carbocycles. The Morgan fingerprint density at radius 2 is 2.21 bits per heavy atom. The third kappa shape index (κ3) is 4.07. The van der Waals surface area contributed by atoms with Crippen LogP contribution < -0.4 is 0 Å². The summed E-state index contributed by atoms with van der Waals surface area (Å²) in [7, 11) is 3.88. The molecule has 2 aliphatic heterocycles. The summed E-state index contributed by atoms with van der Waals surface area (Å²) in [6, 6.07) is 4.07. The molecule has 2 fully saturated rings. The van der Waals surface area contributed by atoms with Crippen molar-refractivity contribution < 1.29 is 9.53 Å². The molecule has 1 spiro atoms. The van der Waals surface area contributed by atoms with Crippen LogP contribution in [0.4, 0.5) is 0 Å². The number of nitrogens with zero attached hydrogens (tertiary/aromatic N) is 6. The second kappa shape index (κ2) is 7.97. The van der Waals surface area contributed by atoms with Gasteiger partial charge in [-0.25, -0.2) is 9.67 Å². The number of amides is 1. The normalized spacial score (nSPS) is 21.5. The molecule has 1 amide bonds. The van der Waals surface area contributed by atoms with E-state index in [9.17, 15) is 4.79 Å². The number of carbonyl (C=O) groups excluding carboxylic acids is 1. The minimum absolute atomic E-state index is 0.0264. The van der Waals surface area contributed by atoms with Crippen molar-refractivity contribution in [2.24, 2.45) is 12.5 Å². The van der Waals surface area contributed by atoms with Gasteiger partial charge in [-0.2, -0.15) is 5.10 Å². The lowest BCUT2D eigenvalue weighted by molar-refractivity contribution is 0.0447. The highest BCUT2D eigenvalue weighted by Crippen LogP contribution is 2.42. The average molecular weight is 384 g/mol. The van der Waals surface area contributed by atoms with E-state index in [1.165, 1.54) is 11.9 Å². The van der Waals surface area contributed by atoms with Crippen LogP contribution in [0.25, 0.3) is 0 Å². The van der Waals surface area contributed by atoms with Gasteiger partial charge in [0.15, 0.2) is 0 Å². The zero-order chi connectivity index (χ0) is 19.6. The largest absolute Gasteiger partial charge is 0.376 e. The number of likely N-dealkylation sites (tertiary alicyclic amines) is 1. The van der Waals surface area contributed by atoms with E-state index < -0.39 is 0 Å². The van der Waals surface area contributed by atoms with Crippen LogP contribution in [0.2, 0.25) is 0 Å². The van der Waals surface area contributed by atoms with Gasteiger partial charge in [-0.15, -0.1) is 0 Å². The highest BCUT2D eigenvalue weighted by molar-refractivity contribution is 5.90. The van der Waals surface area contributed by atoms with Gasteiger partial charge in [0.25, 0.3) is 5.91 Å². The van der Waals surface area contributed by atoms with Crippen LogP contribution in [0.3, 0.4) is 0 Å². The van der Waals surface area contributed by atoms with Crippen LogP contribution in [0, 0.1) is 5.41 Å². The summed E-state index contributed by atoms with van der Waals surface area (Å²) >= 11 is 0. The number of pyridine rings is 1. The van der Waals surface area contributed by atoms with Gasteiger partial charge in [0, 0.05) is 45.6 Å². The fraction of sp³-hybridized carbons (Fsp3) is 0.600. The van der Waals surface area contributed by atoms with Crippen molar-refractivity contribution in [2.45, 2.75) is 31.9 Å². The summed E-state index contributed by atoms with van der Waals surface area (Å²) in [5.74, 6) is 0.384. The maximum absolute atomic E-state index is 12.6. The van der Waals surface area contributed by atoms with Gasteiger partial charge in [-0.1, -0.05) is 6.07 Å². The number of aryl methyl sites for hydroxylation is 1. The molecule has 150 valence electrons. The number of ether oxygens (including phenoxy) is 1. The Morgan fingerprint density at radius 1 is 1.39 bits per heavy atom. The second-order valence-electron chi connectivity index (χ2n) is 8.19. The lowest BCUT2D eigenvalue weighted by Gasteiger charge is -2.38. The minimum Gasteiger partial charge on any atom is -0.376 e. The maximum atomic E-state index is 12.6. The van der Waals surface area contributed by atoms with Gasteiger partial charge in [-0.3, -0.25) is 14.7 Å². The zero-order valence-electron chi connectivity index (χ0n) is 16.6. The molecule has 2 aromatic rings. The number of hydrogen-bond donors (Lipinski definition) is 0. The van der Waals surface area contributed by atoms with E-state index in [0.29, 0.717) is 5.82 Å². The van der Waals surface area contributed by atoms with Gasteiger partial charge < -0.3 is 9.64 Å². The zero-order valence-corrected chi connectivity index (χ0v) is 16.6. The molecule has 0 radical (unpaired) electrons. The van der Waals surface area contributed by atoms with E-state index in [-0.39, 0.29) is 17.4 Å². The van der Waals surface area contributed by atoms with Crippen molar-refractivity contribution in [3.05, 3.63) is 42.2 Å². The first-order valence-corrected chi connectivity index (χ1v) is 9.87. The van der Waals surface area contributed by atoms with Crippen LogP contribution >= 0.6 is 0 Å². The first-order chi connectivity index (χ1) is 13.5. The molecule has 28 heavy (non-hydrogen) atoms. The van der Waals surface area contributed by atoms with Gasteiger partial charge in [-0.05, 0) is 43.4 Å². The monoisotopic (exact) mass is 384 g/mol. The van der Waals surface area contributed by atoms with Gasteiger partial charge in [0.1, 0.15) is 6.33 Å². The summed E-state index contributed by atoms with van der Waals surface area (Å²) < 4.78 is 7.70. The van der Waals surface area contributed by atoms with Crippen LogP contribution in [-0.4, -0.2) is 74.8 Å². The fourth-order valence-corrected chi connectivity index (χ4v) is 4.39. The number of likely N-dealkylation sites (N-methyl/N-ethyl adjacent to an activating group) is 1. The highest BCUT2D eigenvalue weighted by atomic mass is 16.5. The van der Waals surface area contributed by atoms with Gasteiger partial charge >= 0.3 is 0 Å². The summed E-state index contributed by atoms with van der Waals surface area (Å²) in [6.07, 6.45) is 8.43. The Labute approximate surface area is 165 Å². The van der Waals surface area contributed by atoms with Gasteiger partial charge in [0.05, 0.1) is 12.7 Å². The molecule has 8 heteroatoms. The quantitative estimate of drug-likeness (QED) is 0.775. The first kappa shape index (κ1) is 19.0. The topological polar surface area (TPSA) is 76.4 Å². The lowest BCUT2D eigenvalue weighted by Crippen LogP contribution is -2.44. The molecule has 8 nitrogen and oxygen atoms in total. The number of rotatable bonds is 5. The Bertz CT molecular complexity index is 800. The number of piperidine rings is 1. The second-order valence-corrected chi connectivity index (χ2v) is 8.19.